The fourth-order valence-electron chi connectivity index (χ4n) is 3.53. The molecule has 4 N–H and O–H groups in total. The van der Waals surface area contributed by atoms with Crippen molar-refractivity contribution in [3.05, 3.63) is 46.8 Å². The van der Waals surface area contributed by atoms with Crippen LogP contribution in [-0.4, -0.2) is 56.9 Å². The van der Waals surface area contributed by atoms with Gasteiger partial charge in [-0.2, -0.15) is 5.10 Å². The molecule has 8 nitrogen and oxygen atoms in total. The SMILES string of the molecule is COc1cc(Br)cc(Nc2ncnn3ccc(CN4CC[C@@H](N)[C@H](O)C4)c23)c1. The summed E-state index contributed by atoms with van der Waals surface area (Å²) < 4.78 is 8.06. The van der Waals surface area contributed by atoms with Gasteiger partial charge >= 0.3 is 0 Å². The van der Waals surface area contributed by atoms with Crippen LogP contribution in [0.4, 0.5) is 11.5 Å². The molecule has 0 spiro atoms. The van der Waals surface area contributed by atoms with Gasteiger partial charge in [-0.1, -0.05) is 15.9 Å². The zero-order valence-electron chi connectivity index (χ0n) is 15.5. The van der Waals surface area contributed by atoms with E-state index in [0.717, 1.165) is 40.0 Å². The molecule has 0 aliphatic carbocycles. The van der Waals surface area contributed by atoms with Gasteiger partial charge in [-0.25, -0.2) is 9.50 Å². The molecule has 2 aromatic heterocycles. The molecular formula is C19H23BrN6O2. The predicted molar refractivity (Wildman–Crippen MR) is 111 cm³/mol. The number of nitrogens with two attached hydrogens (primary N) is 1. The molecule has 1 aliphatic heterocycles. The molecule has 3 heterocycles. The van der Waals surface area contributed by atoms with Crippen LogP contribution >= 0.6 is 15.9 Å². The van der Waals surface area contributed by atoms with Crippen LogP contribution in [0.15, 0.2) is 41.3 Å². The van der Waals surface area contributed by atoms with Crippen LogP contribution in [-0.2, 0) is 6.54 Å². The Morgan fingerprint density at radius 1 is 1.39 bits per heavy atom. The lowest BCUT2D eigenvalue weighted by molar-refractivity contribution is 0.0501. The number of nitrogens with zero attached hydrogens (tertiary/aromatic N) is 4. The summed E-state index contributed by atoms with van der Waals surface area (Å²) >= 11 is 3.50. The van der Waals surface area contributed by atoms with Gasteiger partial charge in [0.05, 0.1) is 13.2 Å². The average molecular weight is 447 g/mol. The molecule has 1 aliphatic rings. The summed E-state index contributed by atoms with van der Waals surface area (Å²) in [5.41, 5.74) is 8.78. The van der Waals surface area contributed by atoms with Crippen LogP contribution in [0.25, 0.3) is 5.52 Å². The Balaban J connectivity index is 1.63. The zero-order valence-corrected chi connectivity index (χ0v) is 17.1. The number of rotatable bonds is 5. The maximum Gasteiger partial charge on any atom is 0.158 e. The molecule has 4 rings (SSSR count). The molecule has 1 fully saturated rings. The van der Waals surface area contributed by atoms with Gasteiger partial charge in [-0.05, 0) is 30.2 Å². The van der Waals surface area contributed by atoms with Crippen molar-refractivity contribution in [3.8, 4) is 5.75 Å². The Bertz CT molecular complexity index is 978. The number of piperidine rings is 1. The topological polar surface area (TPSA) is 101 Å². The van der Waals surface area contributed by atoms with Crippen molar-refractivity contribution < 1.29 is 9.84 Å². The number of hydrogen-bond acceptors (Lipinski definition) is 7. The minimum Gasteiger partial charge on any atom is -0.497 e. The van der Waals surface area contributed by atoms with Gasteiger partial charge in [-0.15, -0.1) is 0 Å². The van der Waals surface area contributed by atoms with E-state index in [9.17, 15) is 5.11 Å². The van der Waals surface area contributed by atoms with Crippen molar-refractivity contribution in [3.63, 3.8) is 0 Å². The third-order valence-corrected chi connectivity index (χ3v) is 5.48. The van der Waals surface area contributed by atoms with Gasteiger partial charge in [-0.3, -0.25) is 4.90 Å². The Hall–Kier alpha value is -2.20. The molecule has 9 heteroatoms. The second-order valence-electron chi connectivity index (χ2n) is 7.00. The summed E-state index contributed by atoms with van der Waals surface area (Å²) in [6, 6.07) is 7.67. The predicted octanol–water partition coefficient (Wildman–Crippen LogP) is 2.14. The van der Waals surface area contributed by atoms with E-state index < -0.39 is 6.10 Å². The van der Waals surface area contributed by atoms with Gasteiger partial charge in [0, 0.05) is 48.1 Å². The summed E-state index contributed by atoms with van der Waals surface area (Å²) in [5, 5.41) is 17.8. The maximum absolute atomic E-state index is 10.1. The van der Waals surface area contributed by atoms with Gasteiger partial charge in [0.2, 0.25) is 0 Å². The summed E-state index contributed by atoms with van der Waals surface area (Å²) in [5.74, 6) is 1.46. The van der Waals surface area contributed by atoms with Crippen LogP contribution in [0.1, 0.15) is 12.0 Å². The van der Waals surface area contributed by atoms with E-state index in [1.54, 1.807) is 7.11 Å². The summed E-state index contributed by atoms with van der Waals surface area (Å²) in [6.07, 6.45) is 3.74. The van der Waals surface area contributed by atoms with Crippen molar-refractivity contribution in [1.82, 2.24) is 19.5 Å². The van der Waals surface area contributed by atoms with Crippen molar-refractivity contribution in [2.45, 2.75) is 25.1 Å². The van der Waals surface area contributed by atoms with E-state index in [1.807, 2.05) is 35.0 Å². The molecule has 28 heavy (non-hydrogen) atoms. The number of aromatic nitrogens is 3. The highest BCUT2D eigenvalue weighted by Crippen LogP contribution is 2.29. The number of hydrogen-bond donors (Lipinski definition) is 3. The summed E-state index contributed by atoms with van der Waals surface area (Å²) in [4.78, 5) is 6.66. The third kappa shape index (κ3) is 3.97. The highest BCUT2D eigenvalue weighted by Gasteiger charge is 2.25. The molecule has 1 saturated heterocycles. The Labute approximate surface area is 171 Å². The highest BCUT2D eigenvalue weighted by molar-refractivity contribution is 9.10. The number of likely N-dealkylation sites (tertiary alicyclic amines) is 1. The van der Waals surface area contributed by atoms with E-state index in [2.05, 4.69) is 36.2 Å². The number of aliphatic hydroxyl groups is 1. The largest absolute Gasteiger partial charge is 0.497 e. The molecule has 0 radical (unpaired) electrons. The number of halogens is 1. The molecule has 1 aromatic carbocycles. The van der Waals surface area contributed by atoms with Gasteiger partial charge in [0.1, 0.15) is 17.6 Å². The van der Waals surface area contributed by atoms with E-state index >= 15 is 0 Å². The van der Waals surface area contributed by atoms with Crippen molar-refractivity contribution >= 4 is 33.0 Å². The maximum atomic E-state index is 10.1. The molecule has 0 amide bonds. The van der Waals surface area contributed by atoms with Gasteiger partial charge in [0.15, 0.2) is 5.82 Å². The third-order valence-electron chi connectivity index (χ3n) is 5.02. The number of β-amino-alcohol motifs (C(OH)–C–C–N with tert-alkyl or cyclic N) is 1. The second kappa shape index (κ2) is 8.04. The van der Waals surface area contributed by atoms with Crippen molar-refractivity contribution in [1.29, 1.82) is 0 Å². The smallest absolute Gasteiger partial charge is 0.158 e. The Morgan fingerprint density at radius 3 is 3.04 bits per heavy atom. The second-order valence-corrected chi connectivity index (χ2v) is 7.92. The standard InChI is InChI=1S/C19H23BrN6O2/c1-28-15-7-13(20)6-14(8-15)24-19-18-12(2-5-26(18)23-11-22-19)9-25-4-3-16(21)17(27)10-25/h2,5-8,11,16-17,27H,3-4,9-10,21H2,1H3,(H,22,23,24)/t16-,17-/m1/s1. The van der Waals surface area contributed by atoms with Crippen molar-refractivity contribution in [2.75, 3.05) is 25.5 Å². The normalized spacial score (nSPS) is 20.4. The van der Waals surface area contributed by atoms with E-state index in [4.69, 9.17) is 10.5 Å². The quantitative estimate of drug-likeness (QED) is 0.551. The molecule has 0 unspecified atom stereocenters. The fraction of sp³-hybridized carbons (Fsp3) is 0.368. The zero-order chi connectivity index (χ0) is 19.7. The first-order chi connectivity index (χ1) is 13.5. The minimum atomic E-state index is -0.495. The number of ether oxygens (including phenoxy) is 1. The molecule has 0 bridgehead atoms. The first-order valence-electron chi connectivity index (χ1n) is 9.12. The monoisotopic (exact) mass is 446 g/mol. The summed E-state index contributed by atoms with van der Waals surface area (Å²) in [6.45, 7) is 2.12. The van der Waals surface area contributed by atoms with E-state index in [1.165, 1.54) is 6.33 Å². The van der Waals surface area contributed by atoms with Crippen LogP contribution in [0.2, 0.25) is 0 Å². The minimum absolute atomic E-state index is 0.144. The lowest BCUT2D eigenvalue weighted by Crippen LogP contribution is -2.50. The highest BCUT2D eigenvalue weighted by atomic mass is 79.9. The van der Waals surface area contributed by atoms with E-state index in [-0.39, 0.29) is 6.04 Å². The Kier molecular flexibility index (Phi) is 5.49. The van der Waals surface area contributed by atoms with Crippen LogP contribution in [0, 0.1) is 0 Å². The average Bonchev–Trinajstić information content (AvgIpc) is 3.08. The number of fused-ring (bicyclic) bond motifs is 1. The molecule has 148 valence electrons. The molecular weight excluding hydrogens is 424 g/mol. The molecule has 3 aromatic rings. The number of methoxy groups -OCH3 is 1. The number of nitrogens with one attached hydrogen (secondary N) is 1. The van der Waals surface area contributed by atoms with Crippen LogP contribution in [0.5, 0.6) is 5.75 Å². The summed E-state index contributed by atoms with van der Waals surface area (Å²) in [7, 11) is 1.64. The molecule has 0 saturated carbocycles. The first-order valence-corrected chi connectivity index (χ1v) is 9.91. The van der Waals surface area contributed by atoms with Crippen molar-refractivity contribution in [2.24, 2.45) is 5.73 Å². The van der Waals surface area contributed by atoms with Gasteiger partial charge in [0.25, 0.3) is 0 Å². The lowest BCUT2D eigenvalue weighted by atomic mass is 10.0. The van der Waals surface area contributed by atoms with Crippen LogP contribution in [0.3, 0.4) is 0 Å². The lowest BCUT2D eigenvalue weighted by Gasteiger charge is -2.33. The van der Waals surface area contributed by atoms with Gasteiger partial charge < -0.3 is 20.9 Å². The fourth-order valence-corrected chi connectivity index (χ4v) is 4.00. The number of aliphatic hydroxyl groups excluding tert-OH is 1. The van der Waals surface area contributed by atoms with Crippen LogP contribution < -0.4 is 15.8 Å². The Morgan fingerprint density at radius 2 is 2.25 bits per heavy atom. The molecule has 2 atom stereocenters. The van der Waals surface area contributed by atoms with E-state index in [0.29, 0.717) is 18.9 Å². The first kappa shape index (κ1) is 19.1. The number of anilines is 2. The number of benzene rings is 1.